The molecule has 0 aliphatic heterocycles. The van der Waals surface area contributed by atoms with Crippen LogP contribution in [0.15, 0.2) is 0 Å². The molecule has 0 bridgehead atoms. The van der Waals surface area contributed by atoms with E-state index in [1.165, 1.54) is 0 Å². The number of nitrogens with one attached hydrogen (secondary N) is 1. The molecule has 0 heterocycles. The Morgan fingerprint density at radius 3 is 1.95 bits per heavy atom. The molecule has 7 nitrogen and oxygen atoms in total. The molecule has 0 radical (unpaired) electrons. The van der Waals surface area contributed by atoms with Gasteiger partial charge in [-0.25, -0.2) is 4.79 Å². The van der Waals surface area contributed by atoms with E-state index in [0.29, 0.717) is 12.2 Å². The summed E-state index contributed by atoms with van der Waals surface area (Å²) in [4.78, 5) is 11.6. The van der Waals surface area contributed by atoms with E-state index in [4.69, 9.17) is 9.29 Å². The van der Waals surface area contributed by atoms with Crippen LogP contribution in [0.4, 0.5) is 4.79 Å². The van der Waals surface area contributed by atoms with Crippen molar-refractivity contribution in [3.8, 4) is 0 Å². The van der Waals surface area contributed by atoms with Crippen molar-refractivity contribution >= 4 is 16.2 Å². The van der Waals surface area contributed by atoms with E-state index >= 15 is 0 Å². The lowest BCUT2D eigenvalue weighted by atomic mass is 9.83. The summed E-state index contributed by atoms with van der Waals surface area (Å²) in [6.45, 7) is 7.41. The second-order valence-electron chi connectivity index (χ2n) is 6.73. The summed E-state index contributed by atoms with van der Waals surface area (Å²) in [5.74, 6) is 0.381. The Labute approximate surface area is 133 Å². The minimum atomic E-state index is -3.67. The first kappa shape index (κ1) is 21.1. The average molecular weight is 339 g/mol. The predicted octanol–water partition coefficient (Wildman–Crippen LogP) is 1.95. The number of hydrogen-bond acceptors (Lipinski definition) is 5. The van der Waals surface area contributed by atoms with Crippen LogP contribution in [-0.4, -0.2) is 48.2 Å². The highest BCUT2D eigenvalue weighted by Crippen LogP contribution is 2.27. The maximum absolute atomic E-state index is 11.6. The number of rotatable bonds is 2. The minimum Gasteiger partial charge on any atom is -0.444 e. The molecule has 0 saturated heterocycles. The van der Waals surface area contributed by atoms with Crippen LogP contribution >= 0.6 is 0 Å². The lowest BCUT2D eigenvalue weighted by molar-refractivity contribution is 0.0463. The first-order chi connectivity index (χ1) is 9.78. The average Bonchev–Trinajstić information content (AvgIpc) is 2.24. The molecule has 0 aromatic carbocycles. The third kappa shape index (κ3) is 12.8. The molecular weight excluding hydrogens is 310 g/mol. The van der Waals surface area contributed by atoms with Gasteiger partial charge in [0.1, 0.15) is 5.60 Å². The molecule has 1 aliphatic rings. The first-order valence-corrected chi connectivity index (χ1v) is 9.23. The van der Waals surface area contributed by atoms with Crippen molar-refractivity contribution in [3.63, 3.8) is 0 Å². The summed E-state index contributed by atoms with van der Waals surface area (Å²) in [6, 6.07) is 0.194. The zero-order valence-electron chi connectivity index (χ0n) is 14.0. The van der Waals surface area contributed by atoms with Crippen LogP contribution in [0.3, 0.4) is 0 Å². The molecular formula is C14H29NO6S. The molecule has 3 N–H and O–H groups in total. The third-order valence-electron chi connectivity index (χ3n) is 3.17. The SMILES string of the molecule is CC(O)C1CCC(NC(=O)OC(C)(C)C)CC1.CS(=O)(=O)O. The Bertz CT molecular complexity index is 425. The number of amides is 1. The molecule has 1 unspecified atom stereocenters. The summed E-state index contributed by atoms with van der Waals surface area (Å²) in [7, 11) is -3.67. The van der Waals surface area contributed by atoms with Crippen molar-refractivity contribution in [2.75, 3.05) is 6.26 Å². The third-order valence-corrected chi connectivity index (χ3v) is 3.17. The Kier molecular flexibility index (Phi) is 8.35. The molecule has 1 aliphatic carbocycles. The van der Waals surface area contributed by atoms with Crippen LogP contribution in [0.5, 0.6) is 0 Å². The van der Waals surface area contributed by atoms with Gasteiger partial charge in [-0.15, -0.1) is 0 Å². The number of alkyl carbamates (subject to hydrolysis) is 1. The maximum Gasteiger partial charge on any atom is 0.407 e. The van der Waals surface area contributed by atoms with E-state index in [0.717, 1.165) is 25.7 Å². The summed E-state index contributed by atoms with van der Waals surface area (Å²) in [6.07, 6.45) is 3.93. The van der Waals surface area contributed by atoms with Gasteiger partial charge in [0.2, 0.25) is 0 Å². The lowest BCUT2D eigenvalue weighted by Crippen LogP contribution is -2.41. The molecule has 1 amide bonds. The highest BCUT2D eigenvalue weighted by atomic mass is 32.2. The Hall–Kier alpha value is -0.860. The van der Waals surface area contributed by atoms with Gasteiger partial charge in [-0.1, -0.05) is 0 Å². The summed E-state index contributed by atoms with van der Waals surface area (Å²) in [5, 5.41) is 12.4. The van der Waals surface area contributed by atoms with Crippen molar-refractivity contribution < 1.29 is 27.6 Å². The van der Waals surface area contributed by atoms with E-state index in [2.05, 4.69) is 5.32 Å². The number of ether oxygens (including phenoxy) is 1. The van der Waals surface area contributed by atoms with Crippen LogP contribution in [0.2, 0.25) is 0 Å². The molecule has 0 aromatic rings. The second-order valence-corrected chi connectivity index (χ2v) is 8.20. The normalized spacial score (nSPS) is 23.8. The van der Waals surface area contributed by atoms with Crippen LogP contribution in [0.1, 0.15) is 53.4 Å². The molecule has 1 atom stereocenters. The van der Waals surface area contributed by atoms with Crippen LogP contribution in [0, 0.1) is 5.92 Å². The fourth-order valence-electron chi connectivity index (χ4n) is 2.22. The lowest BCUT2D eigenvalue weighted by Gasteiger charge is -2.31. The van der Waals surface area contributed by atoms with Gasteiger partial charge in [-0.05, 0) is 59.3 Å². The summed E-state index contributed by atoms with van der Waals surface area (Å²) in [5.41, 5.74) is -0.444. The Balaban J connectivity index is 0.000000763. The molecule has 0 spiro atoms. The molecule has 132 valence electrons. The first-order valence-electron chi connectivity index (χ1n) is 7.38. The van der Waals surface area contributed by atoms with Gasteiger partial charge in [-0.3, -0.25) is 4.55 Å². The van der Waals surface area contributed by atoms with E-state index in [9.17, 15) is 18.3 Å². The van der Waals surface area contributed by atoms with Gasteiger partial charge in [-0.2, -0.15) is 8.42 Å². The molecule has 0 aromatic heterocycles. The van der Waals surface area contributed by atoms with Gasteiger partial charge in [0.15, 0.2) is 0 Å². The van der Waals surface area contributed by atoms with Crippen LogP contribution < -0.4 is 5.32 Å². The smallest absolute Gasteiger partial charge is 0.407 e. The largest absolute Gasteiger partial charge is 0.444 e. The van der Waals surface area contributed by atoms with Gasteiger partial charge in [0, 0.05) is 6.04 Å². The summed E-state index contributed by atoms with van der Waals surface area (Å²) >= 11 is 0. The van der Waals surface area contributed by atoms with Crippen molar-refractivity contribution in [1.29, 1.82) is 0 Å². The molecule has 8 heteroatoms. The fourth-order valence-corrected chi connectivity index (χ4v) is 2.22. The number of aliphatic hydroxyl groups is 1. The van der Waals surface area contributed by atoms with Crippen molar-refractivity contribution in [2.45, 2.75) is 71.1 Å². The van der Waals surface area contributed by atoms with E-state index in [1.807, 2.05) is 27.7 Å². The number of carbonyl (C=O) groups is 1. The van der Waals surface area contributed by atoms with E-state index in [1.54, 1.807) is 0 Å². The maximum atomic E-state index is 11.6. The molecule has 22 heavy (non-hydrogen) atoms. The van der Waals surface area contributed by atoms with E-state index < -0.39 is 15.7 Å². The minimum absolute atomic E-state index is 0.194. The highest BCUT2D eigenvalue weighted by molar-refractivity contribution is 7.85. The topological polar surface area (TPSA) is 113 Å². The van der Waals surface area contributed by atoms with E-state index in [-0.39, 0.29) is 18.2 Å². The van der Waals surface area contributed by atoms with Gasteiger partial charge < -0.3 is 15.2 Å². The fraction of sp³-hybridized carbons (Fsp3) is 0.929. The van der Waals surface area contributed by atoms with Gasteiger partial charge >= 0.3 is 6.09 Å². The van der Waals surface area contributed by atoms with Gasteiger partial charge in [0.05, 0.1) is 12.4 Å². The van der Waals surface area contributed by atoms with Crippen molar-refractivity contribution in [3.05, 3.63) is 0 Å². The number of carbonyl (C=O) groups excluding carboxylic acids is 1. The molecule has 1 saturated carbocycles. The standard InChI is InChI=1S/C13H25NO3.CH4O3S/c1-9(15)10-5-7-11(8-6-10)14-12(16)17-13(2,3)4;1-5(2,3)4/h9-11,15H,5-8H2,1-4H3,(H,14,16);1H3,(H,2,3,4). The molecule has 1 fully saturated rings. The summed E-state index contributed by atoms with van der Waals surface area (Å²) < 4.78 is 31.1. The Morgan fingerprint density at radius 1 is 1.23 bits per heavy atom. The highest BCUT2D eigenvalue weighted by Gasteiger charge is 2.26. The van der Waals surface area contributed by atoms with Gasteiger partial charge in [0.25, 0.3) is 10.1 Å². The monoisotopic (exact) mass is 339 g/mol. The van der Waals surface area contributed by atoms with Crippen molar-refractivity contribution in [1.82, 2.24) is 5.32 Å². The molecule has 1 rings (SSSR count). The van der Waals surface area contributed by atoms with Crippen LogP contribution in [-0.2, 0) is 14.9 Å². The van der Waals surface area contributed by atoms with Crippen LogP contribution in [0.25, 0.3) is 0 Å². The zero-order chi connectivity index (χ0) is 17.6. The second kappa shape index (κ2) is 8.69. The number of hydrogen-bond donors (Lipinski definition) is 3. The van der Waals surface area contributed by atoms with Crippen molar-refractivity contribution in [2.24, 2.45) is 5.92 Å². The quantitative estimate of drug-likeness (QED) is 0.663. The number of aliphatic hydroxyl groups excluding tert-OH is 1. The zero-order valence-corrected chi connectivity index (χ0v) is 14.8. The predicted molar refractivity (Wildman–Crippen MR) is 84.3 cm³/mol. The Morgan fingerprint density at radius 2 is 1.64 bits per heavy atom.